The lowest BCUT2D eigenvalue weighted by Gasteiger charge is -2.31. The summed E-state index contributed by atoms with van der Waals surface area (Å²) in [6.45, 7) is 10.9. The van der Waals surface area contributed by atoms with Crippen molar-refractivity contribution in [2.24, 2.45) is 11.8 Å². The van der Waals surface area contributed by atoms with E-state index < -0.39 is 8.88 Å². The highest BCUT2D eigenvalue weighted by atomic mass is 28.4. The quantitative estimate of drug-likeness (QED) is 0.753. The maximum Gasteiger partial charge on any atom is 0.520 e. The molecule has 4 nitrogen and oxygen atoms in total. The standard InChI is InChI=1S/C11H24N2O2Si/c1-8(2)10-11(9(3)4)13-6-7-15-16(13,12-10)14-5/h8-12H,6-7H2,1-5H3. The van der Waals surface area contributed by atoms with Crippen molar-refractivity contribution in [2.45, 2.75) is 39.8 Å². The Kier molecular flexibility index (Phi) is 3.43. The van der Waals surface area contributed by atoms with E-state index in [0.717, 1.165) is 13.2 Å². The first-order valence-electron chi connectivity index (χ1n) is 6.25. The van der Waals surface area contributed by atoms with E-state index in [-0.39, 0.29) is 0 Å². The highest BCUT2D eigenvalue weighted by Gasteiger charge is 2.61. The molecule has 2 fully saturated rings. The molecule has 2 rings (SSSR count). The molecule has 0 amide bonds. The third kappa shape index (κ3) is 1.75. The van der Waals surface area contributed by atoms with Gasteiger partial charge >= 0.3 is 8.88 Å². The predicted octanol–water partition coefficient (Wildman–Crippen LogP) is 1.05. The molecule has 0 bridgehead atoms. The molecule has 0 aliphatic carbocycles. The molecule has 3 unspecified atom stereocenters. The minimum absolute atomic E-state index is 0.493. The summed E-state index contributed by atoms with van der Waals surface area (Å²) >= 11 is 0. The van der Waals surface area contributed by atoms with Crippen LogP contribution in [0.5, 0.6) is 0 Å². The summed E-state index contributed by atoms with van der Waals surface area (Å²) in [6.07, 6.45) is 0. The van der Waals surface area contributed by atoms with Crippen LogP contribution in [0.3, 0.4) is 0 Å². The van der Waals surface area contributed by atoms with Crippen LogP contribution in [0.1, 0.15) is 27.7 Å². The van der Waals surface area contributed by atoms with Crippen LogP contribution >= 0.6 is 0 Å². The minimum atomic E-state index is -2.24. The van der Waals surface area contributed by atoms with Crippen molar-refractivity contribution in [1.29, 1.82) is 0 Å². The molecule has 2 saturated heterocycles. The molecule has 0 aromatic heterocycles. The van der Waals surface area contributed by atoms with Crippen LogP contribution in [-0.4, -0.2) is 45.8 Å². The minimum Gasteiger partial charge on any atom is -0.374 e. The van der Waals surface area contributed by atoms with E-state index in [1.54, 1.807) is 7.11 Å². The van der Waals surface area contributed by atoms with Gasteiger partial charge in [0.05, 0.1) is 6.61 Å². The van der Waals surface area contributed by atoms with Crippen molar-refractivity contribution < 1.29 is 8.85 Å². The lowest BCUT2D eigenvalue weighted by atomic mass is 9.89. The lowest BCUT2D eigenvalue weighted by molar-refractivity contribution is 0.202. The van der Waals surface area contributed by atoms with Crippen molar-refractivity contribution in [3.63, 3.8) is 0 Å². The normalized spacial score (nSPS) is 39.9. The summed E-state index contributed by atoms with van der Waals surface area (Å²) in [5.74, 6) is 1.24. The van der Waals surface area contributed by atoms with E-state index in [1.165, 1.54) is 0 Å². The Morgan fingerprint density at radius 2 is 2.00 bits per heavy atom. The molecule has 16 heavy (non-hydrogen) atoms. The third-order valence-electron chi connectivity index (χ3n) is 3.76. The maximum absolute atomic E-state index is 5.91. The Hall–Kier alpha value is 0.0569. The fraction of sp³-hybridized carbons (Fsp3) is 1.00. The molecule has 0 spiro atoms. The van der Waals surface area contributed by atoms with Crippen LogP contribution in [0.15, 0.2) is 0 Å². The Labute approximate surface area is 99.7 Å². The zero-order valence-electron chi connectivity index (χ0n) is 11.0. The second-order valence-corrected chi connectivity index (χ2v) is 8.20. The molecule has 5 heteroatoms. The summed E-state index contributed by atoms with van der Waals surface area (Å²) in [5.41, 5.74) is 0. The second kappa shape index (κ2) is 4.38. The van der Waals surface area contributed by atoms with Gasteiger partial charge in [-0.2, -0.15) is 0 Å². The fourth-order valence-electron chi connectivity index (χ4n) is 3.04. The maximum atomic E-state index is 5.91. The molecule has 2 heterocycles. The van der Waals surface area contributed by atoms with E-state index in [2.05, 4.69) is 37.2 Å². The van der Waals surface area contributed by atoms with Crippen LogP contribution < -0.4 is 4.98 Å². The van der Waals surface area contributed by atoms with Gasteiger partial charge in [0.15, 0.2) is 0 Å². The van der Waals surface area contributed by atoms with Crippen molar-refractivity contribution in [1.82, 2.24) is 9.55 Å². The van der Waals surface area contributed by atoms with Crippen molar-refractivity contribution in [3.05, 3.63) is 0 Å². The number of fused-ring (bicyclic) bond motifs is 1. The van der Waals surface area contributed by atoms with Gasteiger partial charge in [-0.3, -0.25) is 9.55 Å². The van der Waals surface area contributed by atoms with Crippen molar-refractivity contribution in [3.8, 4) is 0 Å². The van der Waals surface area contributed by atoms with Crippen molar-refractivity contribution >= 4 is 8.88 Å². The SMILES string of the molecule is CO[Si]12NC(C(C)C)C(C(C)C)N1CCO2. The second-order valence-electron chi connectivity index (χ2n) is 5.48. The Morgan fingerprint density at radius 1 is 1.31 bits per heavy atom. The van der Waals surface area contributed by atoms with Crippen LogP contribution in [-0.2, 0) is 8.85 Å². The summed E-state index contributed by atoms with van der Waals surface area (Å²) in [6, 6.07) is 1.04. The van der Waals surface area contributed by atoms with E-state index in [9.17, 15) is 0 Å². The largest absolute Gasteiger partial charge is 0.520 e. The van der Waals surface area contributed by atoms with Gasteiger partial charge in [0.25, 0.3) is 0 Å². The van der Waals surface area contributed by atoms with E-state index in [1.807, 2.05) is 0 Å². The first-order chi connectivity index (χ1) is 7.52. The van der Waals surface area contributed by atoms with Gasteiger partial charge in [0, 0.05) is 25.7 Å². The van der Waals surface area contributed by atoms with Gasteiger partial charge in [0.1, 0.15) is 0 Å². The number of hydrogen-bond acceptors (Lipinski definition) is 4. The van der Waals surface area contributed by atoms with E-state index in [4.69, 9.17) is 8.85 Å². The molecule has 1 N–H and O–H groups in total. The summed E-state index contributed by atoms with van der Waals surface area (Å²) in [5, 5.41) is 0. The van der Waals surface area contributed by atoms with Crippen LogP contribution in [0.25, 0.3) is 0 Å². The first-order valence-corrected chi connectivity index (χ1v) is 8.01. The molecule has 0 radical (unpaired) electrons. The number of hydrogen-bond donors (Lipinski definition) is 1. The number of nitrogens with one attached hydrogen (secondary N) is 1. The van der Waals surface area contributed by atoms with Crippen LogP contribution in [0.2, 0.25) is 0 Å². The molecule has 3 atom stereocenters. The Bertz CT molecular complexity index is 262. The topological polar surface area (TPSA) is 33.7 Å². The van der Waals surface area contributed by atoms with Gasteiger partial charge in [-0.15, -0.1) is 0 Å². The Morgan fingerprint density at radius 3 is 2.50 bits per heavy atom. The molecule has 2 aliphatic rings. The number of nitrogens with zero attached hydrogens (tertiary/aromatic N) is 1. The average molecular weight is 244 g/mol. The molecule has 0 aromatic carbocycles. The van der Waals surface area contributed by atoms with Crippen LogP contribution in [0.4, 0.5) is 0 Å². The van der Waals surface area contributed by atoms with Gasteiger partial charge < -0.3 is 8.85 Å². The predicted molar refractivity (Wildman–Crippen MR) is 65.8 cm³/mol. The van der Waals surface area contributed by atoms with Gasteiger partial charge in [-0.05, 0) is 11.8 Å². The summed E-state index contributed by atoms with van der Waals surface area (Å²) in [7, 11) is -0.465. The number of rotatable bonds is 3. The third-order valence-corrected chi connectivity index (χ3v) is 6.89. The molecule has 94 valence electrons. The fourth-order valence-corrected chi connectivity index (χ4v) is 6.46. The molecule has 0 aromatic rings. The summed E-state index contributed by atoms with van der Waals surface area (Å²) in [4.78, 5) is 3.67. The zero-order chi connectivity index (χ0) is 11.9. The first kappa shape index (κ1) is 12.5. The van der Waals surface area contributed by atoms with Crippen LogP contribution in [0, 0.1) is 11.8 Å². The van der Waals surface area contributed by atoms with E-state index >= 15 is 0 Å². The highest BCUT2D eigenvalue weighted by Crippen LogP contribution is 2.34. The summed E-state index contributed by atoms with van der Waals surface area (Å²) < 4.78 is 14.1. The molecular formula is C11H24N2O2Si. The van der Waals surface area contributed by atoms with Crippen molar-refractivity contribution in [2.75, 3.05) is 20.3 Å². The monoisotopic (exact) mass is 244 g/mol. The average Bonchev–Trinajstić information content (AvgIpc) is 2.71. The zero-order valence-corrected chi connectivity index (χ0v) is 12.0. The molecule has 2 aliphatic heterocycles. The smallest absolute Gasteiger partial charge is 0.374 e. The van der Waals surface area contributed by atoms with E-state index in [0.29, 0.717) is 23.9 Å². The Balaban J connectivity index is 2.26. The lowest BCUT2D eigenvalue weighted by Crippen LogP contribution is -2.59. The molecule has 0 saturated carbocycles. The highest BCUT2D eigenvalue weighted by molar-refractivity contribution is 6.63. The molecular weight excluding hydrogens is 220 g/mol. The van der Waals surface area contributed by atoms with Gasteiger partial charge in [0.2, 0.25) is 0 Å². The van der Waals surface area contributed by atoms with Gasteiger partial charge in [-0.25, -0.2) is 0 Å². The van der Waals surface area contributed by atoms with Gasteiger partial charge in [-0.1, -0.05) is 27.7 Å².